The zero-order chi connectivity index (χ0) is 36.7. The normalized spacial score (nSPS) is 11.9. The molecule has 0 aliphatic heterocycles. The molecule has 0 atom stereocenters. The Labute approximate surface area is 325 Å². The molecule has 12 rings (SSSR count). The minimum atomic E-state index is 0.646. The van der Waals surface area contributed by atoms with E-state index in [2.05, 4.69) is 168 Å². The molecule has 0 aliphatic carbocycles. The molecule has 0 saturated heterocycles. The van der Waals surface area contributed by atoms with E-state index in [0.29, 0.717) is 17.5 Å². The molecule has 0 saturated carbocycles. The minimum Gasteiger partial charge on any atom is -0.309 e. The summed E-state index contributed by atoms with van der Waals surface area (Å²) in [6.07, 6.45) is 0. The van der Waals surface area contributed by atoms with Crippen LogP contribution >= 0.6 is 11.3 Å². The van der Waals surface area contributed by atoms with Gasteiger partial charge >= 0.3 is 0 Å². The van der Waals surface area contributed by atoms with Gasteiger partial charge < -0.3 is 4.57 Å². The number of rotatable bonds is 4. The van der Waals surface area contributed by atoms with Crippen molar-refractivity contribution < 1.29 is 0 Å². The zero-order valence-corrected chi connectivity index (χ0v) is 30.8. The van der Waals surface area contributed by atoms with Crippen molar-refractivity contribution in [3.05, 3.63) is 182 Å². The molecule has 0 fully saturated rings. The van der Waals surface area contributed by atoms with Gasteiger partial charge in [-0.1, -0.05) is 146 Å². The van der Waals surface area contributed by atoms with E-state index in [1.54, 1.807) is 11.3 Å². The van der Waals surface area contributed by atoms with Gasteiger partial charge in [0.1, 0.15) is 0 Å². The molecule has 260 valence electrons. The highest BCUT2D eigenvalue weighted by Crippen LogP contribution is 2.42. The largest absolute Gasteiger partial charge is 0.309 e. The molecular weight excluding hydrogens is 701 g/mol. The van der Waals surface area contributed by atoms with Crippen molar-refractivity contribution in [3.8, 4) is 39.9 Å². The van der Waals surface area contributed by atoms with E-state index in [1.165, 1.54) is 63.5 Å². The SMILES string of the molecule is c1ccc(-c2nc(-c3ccc4c(c3)sc3ccccc34)nc(-c3cccc4c(-n5c6cc7ccccc7cc6c6c7ccccc7ccc65)cccc34)n2)cc1. The molecule has 0 amide bonds. The molecule has 0 unspecified atom stereocenters. The van der Waals surface area contributed by atoms with Gasteiger partial charge in [0.25, 0.3) is 0 Å². The second-order valence-electron chi connectivity index (χ2n) is 14.4. The monoisotopic (exact) mass is 730 g/mol. The summed E-state index contributed by atoms with van der Waals surface area (Å²) in [7, 11) is 0. The fraction of sp³-hybridized carbons (Fsp3) is 0. The van der Waals surface area contributed by atoms with Crippen molar-refractivity contribution >= 4 is 85.6 Å². The van der Waals surface area contributed by atoms with Crippen LogP contribution in [0.15, 0.2) is 182 Å². The lowest BCUT2D eigenvalue weighted by atomic mass is 10.0. The number of hydrogen-bond donors (Lipinski definition) is 0. The van der Waals surface area contributed by atoms with Gasteiger partial charge in [0, 0.05) is 53.0 Å². The average molecular weight is 731 g/mol. The summed E-state index contributed by atoms with van der Waals surface area (Å²) in [4.78, 5) is 15.5. The predicted molar refractivity (Wildman–Crippen MR) is 236 cm³/mol. The van der Waals surface area contributed by atoms with Gasteiger partial charge in [0.15, 0.2) is 17.5 Å². The van der Waals surface area contributed by atoms with Crippen LogP contribution in [0.3, 0.4) is 0 Å². The van der Waals surface area contributed by atoms with Crippen molar-refractivity contribution in [2.24, 2.45) is 0 Å². The number of nitrogens with zero attached hydrogens (tertiary/aromatic N) is 4. The summed E-state index contributed by atoms with van der Waals surface area (Å²) < 4.78 is 4.94. The molecule has 0 aliphatic rings. The van der Waals surface area contributed by atoms with Crippen molar-refractivity contribution in [1.82, 2.24) is 19.5 Å². The van der Waals surface area contributed by atoms with Crippen LogP contribution in [-0.2, 0) is 0 Å². The van der Waals surface area contributed by atoms with Gasteiger partial charge in [-0.2, -0.15) is 0 Å². The van der Waals surface area contributed by atoms with Crippen molar-refractivity contribution in [3.63, 3.8) is 0 Å². The molecule has 3 aromatic heterocycles. The zero-order valence-electron chi connectivity index (χ0n) is 30.0. The summed E-state index contributed by atoms with van der Waals surface area (Å²) in [6, 6.07) is 65.1. The summed E-state index contributed by atoms with van der Waals surface area (Å²) in [5.41, 5.74) is 6.35. The van der Waals surface area contributed by atoms with E-state index in [-0.39, 0.29) is 0 Å². The van der Waals surface area contributed by atoms with E-state index >= 15 is 0 Å². The molecule has 4 nitrogen and oxygen atoms in total. The first kappa shape index (κ1) is 31.2. The average Bonchev–Trinajstić information content (AvgIpc) is 3.80. The van der Waals surface area contributed by atoms with Gasteiger partial charge in [0.05, 0.1) is 16.7 Å². The van der Waals surface area contributed by atoms with Crippen LogP contribution in [0.25, 0.3) is 114 Å². The number of hydrogen-bond acceptors (Lipinski definition) is 4. The third kappa shape index (κ3) is 4.75. The third-order valence-electron chi connectivity index (χ3n) is 11.2. The lowest BCUT2D eigenvalue weighted by Crippen LogP contribution is -2.01. The Balaban J connectivity index is 1.10. The summed E-state index contributed by atoms with van der Waals surface area (Å²) in [5.74, 6) is 1.95. The number of aromatic nitrogens is 4. The molecule has 5 heteroatoms. The first-order chi connectivity index (χ1) is 27.7. The molecule has 12 aromatic rings. The fourth-order valence-electron chi connectivity index (χ4n) is 8.62. The quantitative estimate of drug-likeness (QED) is 0.181. The highest BCUT2D eigenvalue weighted by atomic mass is 32.1. The first-order valence-corrected chi connectivity index (χ1v) is 19.7. The molecular formula is C51H30N4S. The highest BCUT2D eigenvalue weighted by Gasteiger charge is 2.20. The summed E-state index contributed by atoms with van der Waals surface area (Å²) >= 11 is 1.80. The van der Waals surface area contributed by atoms with E-state index in [0.717, 1.165) is 33.2 Å². The molecule has 0 N–H and O–H groups in total. The van der Waals surface area contributed by atoms with E-state index in [9.17, 15) is 0 Å². The summed E-state index contributed by atoms with van der Waals surface area (Å²) in [6.45, 7) is 0. The Hall–Kier alpha value is -7.21. The van der Waals surface area contributed by atoms with Gasteiger partial charge in [0.2, 0.25) is 0 Å². The van der Waals surface area contributed by atoms with Crippen LogP contribution in [-0.4, -0.2) is 19.5 Å². The van der Waals surface area contributed by atoms with Gasteiger partial charge in [-0.3, -0.25) is 0 Å². The van der Waals surface area contributed by atoms with Crippen molar-refractivity contribution in [1.29, 1.82) is 0 Å². The lowest BCUT2D eigenvalue weighted by molar-refractivity contribution is 1.08. The van der Waals surface area contributed by atoms with Crippen LogP contribution in [0.1, 0.15) is 0 Å². The van der Waals surface area contributed by atoms with E-state index in [1.807, 2.05) is 18.2 Å². The minimum absolute atomic E-state index is 0.646. The number of benzene rings is 9. The molecule has 56 heavy (non-hydrogen) atoms. The van der Waals surface area contributed by atoms with Crippen LogP contribution in [0, 0.1) is 0 Å². The van der Waals surface area contributed by atoms with E-state index in [4.69, 9.17) is 15.0 Å². The van der Waals surface area contributed by atoms with Crippen LogP contribution < -0.4 is 0 Å². The lowest BCUT2D eigenvalue weighted by Gasteiger charge is -2.15. The van der Waals surface area contributed by atoms with Crippen LogP contribution in [0.4, 0.5) is 0 Å². The Bertz CT molecular complexity index is 3540. The smallest absolute Gasteiger partial charge is 0.164 e. The molecule has 9 aromatic carbocycles. The van der Waals surface area contributed by atoms with Crippen LogP contribution in [0.2, 0.25) is 0 Å². The predicted octanol–water partition coefficient (Wildman–Crippen LogP) is 13.8. The van der Waals surface area contributed by atoms with Gasteiger partial charge in [-0.15, -0.1) is 11.3 Å². The second kappa shape index (κ2) is 12.2. The van der Waals surface area contributed by atoms with E-state index < -0.39 is 0 Å². The van der Waals surface area contributed by atoms with Gasteiger partial charge in [-0.05, 0) is 63.3 Å². The molecule has 3 heterocycles. The molecule has 0 bridgehead atoms. The molecule has 0 spiro atoms. The number of thiophene rings is 1. The Morgan fingerprint density at radius 3 is 1.89 bits per heavy atom. The van der Waals surface area contributed by atoms with Crippen molar-refractivity contribution in [2.45, 2.75) is 0 Å². The second-order valence-corrected chi connectivity index (χ2v) is 15.5. The maximum absolute atomic E-state index is 5.25. The Morgan fingerprint density at radius 2 is 1.02 bits per heavy atom. The third-order valence-corrected chi connectivity index (χ3v) is 12.3. The fourth-order valence-corrected chi connectivity index (χ4v) is 9.77. The topological polar surface area (TPSA) is 43.6 Å². The summed E-state index contributed by atoms with van der Waals surface area (Å²) in [5, 5.41) is 12.2. The maximum atomic E-state index is 5.25. The molecule has 0 radical (unpaired) electrons. The first-order valence-electron chi connectivity index (χ1n) is 18.9. The maximum Gasteiger partial charge on any atom is 0.164 e. The van der Waals surface area contributed by atoms with Crippen molar-refractivity contribution in [2.75, 3.05) is 0 Å². The Kier molecular flexibility index (Phi) is 6.76. The standard InChI is InChI=1S/C51H30N4S/c1-2-13-32(14-3-1)49-52-50(35-24-26-40-39-18-8-9-23-46(39)56-47(40)30-35)54-51(53-49)41-21-10-20-38-37(41)19-11-22-43(38)55-44-27-25-31-12-6-7-17-36(31)48(44)42-28-33-15-4-5-16-34(33)29-45(42)55/h1-30H. The Morgan fingerprint density at radius 1 is 0.357 bits per heavy atom. The van der Waals surface area contributed by atoms with Gasteiger partial charge in [-0.25, -0.2) is 15.0 Å². The van der Waals surface area contributed by atoms with Crippen LogP contribution in [0.5, 0.6) is 0 Å². The highest BCUT2D eigenvalue weighted by molar-refractivity contribution is 7.25. The number of fused-ring (bicyclic) bond motifs is 10.